The van der Waals surface area contributed by atoms with Crippen LogP contribution in [-0.4, -0.2) is 37.0 Å². The Balaban J connectivity index is 2.46. The van der Waals surface area contributed by atoms with Crippen LogP contribution >= 0.6 is 15.9 Å². The predicted molar refractivity (Wildman–Crippen MR) is 83.3 cm³/mol. The molecule has 0 saturated carbocycles. The lowest BCUT2D eigenvalue weighted by molar-refractivity contribution is 0.0948. The van der Waals surface area contributed by atoms with Gasteiger partial charge in [-0.15, -0.1) is 0 Å². The summed E-state index contributed by atoms with van der Waals surface area (Å²) in [6, 6.07) is 5.23. The second kappa shape index (κ2) is 8.17. The second-order valence-corrected chi connectivity index (χ2v) is 5.38. The van der Waals surface area contributed by atoms with Gasteiger partial charge in [0.1, 0.15) is 0 Å². The fourth-order valence-corrected chi connectivity index (χ4v) is 2.43. The van der Waals surface area contributed by atoms with Crippen LogP contribution in [0.25, 0.3) is 0 Å². The number of amides is 1. The van der Waals surface area contributed by atoms with Gasteiger partial charge in [0, 0.05) is 28.8 Å². The smallest absolute Gasteiger partial charge is 0.251 e. The van der Waals surface area contributed by atoms with Crippen LogP contribution in [0.3, 0.4) is 0 Å². The van der Waals surface area contributed by atoms with Gasteiger partial charge in [0.2, 0.25) is 0 Å². The number of nitrogens with two attached hydrogens (primary N) is 1. The third kappa shape index (κ3) is 5.61. The molecule has 5 heteroatoms. The number of halogens is 1. The molecule has 0 bridgehead atoms. The molecule has 106 valence electrons. The summed E-state index contributed by atoms with van der Waals surface area (Å²) in [6.45, 7) is 7.89. The van der Waals surface area contributed by atoms with E-state index in [2.05, 4.69) is 40.0 Å². The number of anilines is 1. The molecule has 1 amide bonds. The maximum Gasteiger partial charge on any atom is 0.251 e. The Morgan fingerprint density at radius 1 is 1.32 bits per heavy atom. The van der Waals surface area contributed by atoms with Gasteiger partial charge in [0.25, 0.3) is 5.91 Å². The van der Waals surface area contributed by atoms with Crippen molar-refractivity contribution in [3.05, 3.63) is 28.2 Å². The Labute approximate surface area is 123 Å². The van der Waals surface area contributed by atoms with Gasteiger partial charge in [0.15, 0.2) is 0 Å². The molecule has 4 nitrogen and oxygen atoms in total. The summed E-state index contributed by atoms with van der Waals surface area (Å²) in [7, 11) is 0. The maximum absolute atomic E-state index is 12.0. The molecule has 1 aromatic rings. The van der Waals surface area contributed by atoms with E-state index < -0.39 is 0 Å². The number of hydrogen-bond acceptors (Lipinski definition) is 3. The third-order valence-corrected chi connectivity index (χ3v) is 3.34. The molecular weight excluding hydrogens is 306 g/mol. The van der Waals surface area contributed by atoms with Crippen molar-refractivity contribution in [2.45, 2.75) is 20.3 Å². The highest BCUT2D eigenvalue weighted by Crippen LogP contribution is 2.17. The summed E-state index contributed by atoms with van der Waals surface area (Å²) >= 11 is 3.34. The van der Waals surface area contributed by atoms with Gasteiger partial charge in [-0.25, -0.2) is 0 Å². The minimum atomic E-state index is -0.0828. The normalized spacial score (nSPS) is 10.7. The first-order valence-corrected chi connectivity index (χ1v) is 7.42. The lowest BCUT2D eigenvalue weighted by Crippen LogP contribution is -2.35. The van der Waals surface area contributed by atoms with Crippen molar-refractivity contribution in [3.8, 4) is 0 Å². The van der Waals surface area contributed by atoms with Gasteiger partial charge in [-0.2, -0.15) is 0 Å². The van der Waals surface area contributed by atoms with Crippen molar-refractivity contribution in [2.24, 2.45) is 0 Å². The van der Waals surface area contributed by atoms with Crippen LogP contribution in [-0.2, 0) is 0 Å². The summed E-state index contributed by atoms with van der Waals surface area (Å²) in [5, 5.41) is 2.92. The topological polar surface area (TPSA) is 58.4 Å². The molecule has 0 aliphatic carbocycles. The number of carbonyl (C=O) groups is 1. The Bertz CT molecular complexity index is 403. The van der Waals surface area contributed by atoms with Crippen LogP contribution in [0.5, 0.6) is 0 Å². The van der Waals surface area contributed by atoms with Crippen LogP contribution in [0, 0.1) is 0 Å². The van der Waals surface area contributed by atoms with Crippen molar-refractivity contribution in [2.75, 3.05) is 31.9 Å². The summed E-state index contributed by atoms with van der Waals surface area (Å²) in [5.41, 5.74) is 6.89. The highest BCUT2D eigenvalue weighted by molar-refractivity contribution is 9.10. The zero-order chi connectivity index (χ0) is 14.3. The van der Waals surface area contributed by atoms with Crippen molar-refractivity contribution in [1.82, 2.24) is 10.2 Å². The van der Waals surface area contributed by atoms with E-state index in [9.17, 15) is 4.79 Å². The number of likely N-dealkylation sites (N-methyl/N-ethyl adjacent to an activating group) is 1. The molecule has 19 heavy (non-hydrogen) atoms. The van der Waals surface area contributed by atoms with Crippen molar-refractivity contribution in [1.29, 1.82) is 0 Å². The van der Waals surface area contributed by atoms with Crippen molar-refractivity contribution < 1.29 is 4.79 Å². The molecular formula is C14H22BrN3O. The molecule has 0 aromatic heterocycles. The standard InChI is InChI=1S/C14H22BrN3O/c1-3-6-18(4-2)7-5-17-14(19)11-8-12(15)10-13(16)9-11/h8-10H,3-7,16H2,1-2H3,(H,17,19). The number of nitrogen functional groups attached to an aromatic ring is 1. The zero-order valence-corrected chi connectivity index (χ0v) is 13.2. The Morgan fingerprint density at radius 2 is 2.05 bits per heavy atom. The van der Waals surface area contributed by atoms with E-state index >= 15 is 0 Å². The summed E-state index contributed by atoms with van der Waals surface area (Å²) < 4.78 is 0.818. The quantitative estimate of drug-likeness (QED) is 0.756. The Morgan fingerprint density at radius 3 is 2.63 bits per heavy atom. The number of nitrogens with zero attached hydrogens (tertiary/aromatic N) is 1. The van der Waals surface area contributed by atoms with E-state index in [1.165, 1.54) is 0 Å². The largest absolute Gasteiger partial charge is 0.399 e. The van der Waals surface area contributed by atoms with Crippen molar-refractivity contribution in [3.63, 3.8) is 0 Å². The molecule has 0 radical (unpaired) electrons. The first-order valence-electron chi connectivity index (χ1n) is 6.63. The van der Waals surface area contributed by atoms with Gasteiger partial charge < -0.3 is 16.0 Å². The molecule has 1 rings (SSSR count). The molecule has 0 aliphatic heterocycles. The average molecular weight is 328 g/mol. The van der Waals surface area contributed by atoms with Crippen LogP contribution in [0.1, 0.15) is 30.6 Å². The number of carbonyl (C=O) groups excluding carboxylic acids is 1. The predicted octanol–water partition coefficient (Wildman–Crippen LogP) is 2.49. The monoisotopic (exact) mass is 327 g/mol. The fraction of sp³-hybridized carbons (Fsp3) is 0.500. The molecule has 0 aliphatic rings. The van der Waals surface area contributed by atoms with E-state index in [1.807, 2.05) is 0 Å². The molecule has 3 N–H and O–H groups in total. The second-order valence-electron chi connectivity index (χ2n) is 4.46. The molecule has 0 unspecified atom stereocenters. The van der Waals surface area contributed by atoms with Gasteiger partial charge in [-0.1, -0.05) is 29.8 Å². The minimum Gasteiger partial charge on any atom is -0.399 e. The highest BCUT2D eigenvalue weighted by atomic mass is 79.9. The van der Waals surface area contributed by atoms with Crippen LogP contribution in [0.4, 0.5) is 5.69 Å². The highest BCUT2D eigenvalue weighted by Gasteiger charge is 2.07. The van der Waals surface area contributed by atoms with E-state index in [4.69, 9.17) is 5.73 Å². The summed E-state index contributed by atoms with van der Waals surface area (Å²) in [5.74, 6) is -0.0828. The van der Waals surface area contributed by atoms with Gasteiger partial charge in [-0.3, -0.25) is 4.79 Å². The summed E-state index contributed by atoms with van der Waals surface area (Å²) in [4.78, 5) is 14.3. The lowest BCUT2D eigenvalue weighted by Gasteiger charge is -2.19. The van der Waals surface area contributed by atoms with Crippen molar-refractivity contribution >= 4 is 27.5 Å². The zero-order valence-electron chi connectivity index (χ0n) is 11.6. The van der Waals surface area contributed by atoms with Crippen LogP contribution in [0.15, 0.2) is 22.7 Å². The molecule has 0 spiro atoms. The maximum atomic E-state index is 12.0. The Hall–Kier alpha value is -1.07. The van der Waals surface area contributed by atoms with Gasteiger partial charge in [0.05, 0.1) is 0 Å². The number of hydrogen-bond donors (Lipinski definition) is 2. The lowest BCUT2D eigenvalue weighted by atomic mass is 10.2. The molecule has 0 fully saturated rings. The molecule has 0 saturated heterocycles. The average Bonchev–Trinajstić information content (AvgIpc) is 2.36. The first-order chi connectivity index (χ1) is 9.06. The summed E-state index contributed by atoms with van der Waals surface area (Å²) in [6.07, 6.45) is 1.13. The van der Waals surface area contributed by atoms with E-state index in [0.717, 1.165) is 30.5 Å². The number of nitrogens with one attached hydrogen (secondary N) is 1. The van der Waals surface area contributed by atoms with Gasteiger partial charge >= 0.3 is 0 Å². The van der Waals surface area contributed by atoms with Crippen LogP contribution in [0.2, 0.25) is 0 Å². The van der Waals surface area contributed by atoms with E-state index in [-0.39, 0.29) is 5.91 Å². The molecule has 0 heterocycles. The third-order valence-electron chi connectivity index (χ3n) is 2.88. The van der Waals surface area contributed by atoms with E-state index in [1.54, 1.807) is 18.2 Å². The Kier molecular flexibility index (Phi) is 6.87. The van der Waals surface area contributed by atoms with E-state index in [0.29, 0.717) is 17.8 Å². The van der Waals surface area contributed by atoms with Crippen LogP contribution < -0.4 is 11.1 Å². The minimum absolute atomic E-state index is 0.0828. The molecule has 0 atom stereocenters. The SMILES string of the molecule is CCCN(CC)CCNC(=O)c1cc(N)cc(Br)c1. The number of benzene rings is 1. The van der Waals surface area contributed by atoms with Gasteiger partial charge in [-0.05, 0) is 37.7 Å². The fourth-order valence-electron chi connectivity index (χ4n) is 1.92. The molecule has 1 aromatic carbocycles. The number of rotatable bonds is 7. The first kappa shape index (κ1) is 16.0.